The van der Waals surface area contributed by atoms with E-state index >= 15 is 0 Å². The maximum Gasteiger partial charge on any atom is 0.0957 e. The van der Waals surface area contributed by atoms with Crippen molar-refractivity contribution in [3.63, 3.8) is 0 Å². The number of thiophene rings is 1. The maximum absolute atomic E-state index is 6.24. The van der Waals surface area contributed by atoms with Crippen LogP contribution in [0.15, 0.2) is 24.4 Å². The van der Waals surface area contributed by atoms with Gasteiger partial charge in [0.1, 0.15) is 0 Å². The molecule has 0 aliphatic heterocycles. The first-order chi connectivity index (χ1) is 8.68. The summed E-state index contributed by atoms with van der Waals surface area (Å²) in [6.07, 6.45) is 4.29. The van der Waals surface area contributed by atoms with E-state index in [1.807, 2.05) is 18.3 Å². The molecule has 0 fully saturated rings. The Morgan fingerprint density at radius 2 is 2.17 bits per heavy atom. The van der Waals surface area contributed by atoms with Crippen LogP contribution < -0.4 is 5.73 Å². The minimum Gasteiger partial charge on any atom is -0.390 e. The summed E-state index contributed by atoms with van der Waals surface area (Å²) in [5.41, 5.74) is 9.90. The van der Waals surface area contributed by atoms with Crippen molar-refractivity contribution in [2.75, 3.05) is 5.73 Å². The quantitative estimate of drug-likeness (QED) is 0.837. The molecule has 2 N–H and O–H groups in total. The molecule has 0 aromatic carbocycles. The summed E-state index contributed by atoms with van der Waals surface area (Å²) in [6, 6.07) is 6.04. The fourth-order valence-electron chi connectivity index (χ4n) is 2.85. The van der Waals surface area contributed by atoms with Crippen LogP contribution in [-0.2, 0) is 6.42 Å². The highest BCUT2D eigenvalue weighted by Crippen LogP contribution is 2.48. The van der Waals surface area contributed by atoms with E-state index in [-0.39, 0.29) is 0 Å². The molecule has 0 saturated carbocycles. The lowest BCUT2D eigenvalue weighted by Crippen LogP contribution is -2.14. The molecular formula is C15H18N2S. The summed E-state index contributed by atoms with van der Waals surface area (Å²) in [5.74, 6) is 1.31. The molecule has 1 aliphatic carbocycles. The molecule has 2 atom stereocenters. The second-order valence-corrected chi connectivity index (χ2v) is 6.33. The number of rotatable bonds is 1. The number of hydrogen-bond donors (Lipinski definition) is 1. The Hall–Kier alpha value is -1.35. The molecule has 0 amide bonds. The van der Waals surface area contributed by atoms with Crippen molar-refractivity contribution in [2.45, 2.75) is 32.6 Å². The molecule has 2 aromatic heterocycles. The van der Waals surface area contributed by atoms with Crippen molar-refractivity contribution in [1.29, 1.82) is 0 Å². The third-order valence-corrected chi connectivity index (χ3v) is 5.20. The van der Waals surface area contributed by atoms with Gasteiger partial charge < -0.3 is 5.73 Å². The van der Waals surface area contributed by atoms with Crippen LogP contribution in [0.3, 0.4) is 0 Å². The highest BCUT2D eigenvalue weighted by atomic mass is 32.1. The Morgan fingerprint density at radius 3 is 2.89 bits per heavy atom. The molecule has 2 unspecified atom stereocenters. The second-order valence-electron chi connectivity index (χ2n) is 5.20. The molecule has 3 heteroatoms. The van der Waals surface area contributed by atoms with E-state index in [0.717, 1.165) is 16.6 Å². The Kier molecular flexibility index (Phi) is 2.86. The molecule has 0 radical (unpaired) electrons. The van der Waals surface area contributed by atoms with Gasteiger partial charge in [0.15, 0.2) is 0 Å². The van der Waals surface area contributed by atoms with Crippen LogP contribution in [0, 0.1) is 5.92 Å². The van der Waals surface area contributed by atoms with Crippen LogP contribution >= 0.6 is 11.3 Å². The largest absolute Gasteiger partial charge is 0.390 e. The van der Waals surface area contributed by atoms with Crippen molar-refractivity contribution >= 4 is 16.3 Å². The SMILES string of the molecule is CC1CCc2sc(N)c(-c3ccccn3)c2C1C. The number of nitrogen functional groups attached to an aromatic ring is 1. The normalized spacial score (nSPS) is 22.8. The molecule has 2 aromatic rings. The van der Waals surface area contributed by atoms with E-state index in [9.17, 15) is 0 Å². The maximum atomic E-state index is 6.24. The fourth-order valence-corrected chi connectivity index (χ4v) is 4.05. The van der Waals surface area contributed by atoms with Crippen LogP contribution in [-0.4, -0.2) is 4.98 Å². The van der Waals surface area contributed by atoms with Crippen LogP contribution in [0.2, 0.25) is 0 Å². The summed E-state index contributed by atoms with van der Waals surface area (Å²) in [5, 5.41) is 0.930. The predicted molar refractivity (Wildman–Crippen MR) is 77.9 cm³/mol. The lowest BCUT2D eigenvalue weighted by molar-refractivity contribution is 0.431. The average molecular weight is 258 g/mol. The van der Waals surface area contributed by atoms with Gasteiger partial charge in [-0.25, -0.2) is 0 Å². The Morgan fingerprint density at radius 1 is 1.33 bits per heavy atom. The van der Waals surface area contributed by atoms with Crippen molar-refractivity contribution in [3.05, 3.63) is 34.8 Å². The van der Waals surface area contributed by atoms with Crippen molar-refractivity contribution in [3.8, 4) is 11.3 Å². The smallest absolute Gasteiger partial charge is 0.0957 e. The second kappa shape index (κ2) is 4.39. The molecule has 94 valence electrons. The zero-order chi connectivity index (χ0) is 12.7. The van der Waals surface area contributed by atoms with Gasteiger partial charge >= 0.3 is 0 Å². The topological polar surface area (TPSA) is 38.9 Å². The van der Waals surface area contributed by atoms with Gasteiger partial charge in [-0.3, -0.25) is 4.98 Å². The molecule has 2 heterocycles. The number of aryl methyl sites for hydroxylation is 1. The van der Waals surface area contributed by atoms with E-state index < -0.39 is 0 Å². The van der Waals surface area contributed by atoms with Crippen molar-refractivity contribution in [1.82, 2.24) is 4.98 Å². The van der Waals surface area contributed by atoms with Gasteiger partial charge in [0.05, 0.1) is 10.7 Å². The third-order valence-electron chi connectivity index (χ3n) is 4.11. The number of hydrogen-bond acceptors (Lipinski definition) is 3. The summed E-state index contributed by atoms with van der Waals surface area (Å²) in [4.78, 5) is 5.95. The summed E-state index contributed by atoms with van der Waals surface area (Å²) in [6.45, 7) is 4.66. The van der Waals surface area contributed by atoms with Crippen LogP contribution in [0.1, 0.15) is 36.6 Å². The van der Waals surface area contributed by atoms with Crippen LogP contribution in [0.5, 0.6) is 0 Å². The number of anilines is 1. The minimum absolute atomic E-state index is 0.583. The van der Waals surface area contributed by atoms with Crippen LogP contribution in [0.25, 0.3) is 11.3 Å². The van der Waals surface area contributed by atoms with Gasteiger partial charge in [-0.2, -0.15) is 0 Å². The van der Waals surface area contributed by atoms with Crippen LogP contribution in [0.4, 0.5) is 5.00 Å². The van der Waals surface area contributed by atoms with E-state index in [1.54, 1.807) is 11.3 Å². The van der Waals surface area contributed by atoms with Gasteiger partial charge in [-0.15, -0.1) is 11.3 Å². The first-order valence-corrected chi connectivity index (χ1v) is 7.32. The molecule has 2 nitrogen and oxygen atoms in total. The summed E-state index contributed by atoms with van der Waals surface area (Å²) >= 11 is 1.76. The highest BCUT2D eigenvalue weighted by Gasteiger charge is 2.29. The van der Waals surface area contributed by atoms with Gasteiger partial charge in [0.2, 0.25) is 0 Å². The standard InChI is InChI=1S/C15H18N2S/c1-9-6-7-12-13(10(9)2)14(15(16)18-12)11-5-3-4-8-17-11/h3-5,8-10H,6-7,16H2,1-2H3. The first kappa shape index (κ1) is 11.7. The molecule has 3 rings (SSSR count). The van der Waals surface area contributed by atoms with E-state index in [4.69, 9.17) is 5.73 Å². The lowest BCUT2D eigenvalue weighted by atomic mass is 9.78. The number of nitrogens with two attached hydrogens (primary N) is 1. The fraction of sp³-hybridized carbons (Fsp3) is 0.400. The highest BCUT2D eigenvalue weighted by molar-refractivity contribution is 7.16. The summed E-state index contributed by atoms with van der Waals surface area (Å²) < 4.78 is 0. The number of nitrogens with zero attached hydrogens (tertiary/aromatic N) is 1. The van der Waals surface area contributed by atoms with E-state index in [2.05, 4.69) is 24.9 Å². The first-order valence-electron chi connectivity index (χ1n) is 6.51. The molecule has 0 bridgehead atoms. The number of pyridine rings is 1. The minimum atomic E-state index is 0.583. The molecule has 0 saturated heterocycles. The Bertz CT molecular complexity index is 559. The lowest BCUT2D eigenvalue weighted by Gasteiger charge is -2.27. The molecule has 0 spiro atoms. The molecule has 1 aliphatic rings. The van der Waals surface area contributed by atoms with Crippen molar-refractivity contribution < 1.29 is 0 Å². The zero-order valence-corrected chi connectivity index (χ0v) is 11.6. The van der Waals surface area contributed by atoms with Gasteiger partial charge in [-0.1, -0.05) is 19.9 Å². The number of fused-ring (bicyclic) bond motifs is 1. The zero-order valence-electron chi connectivity index (χ0n) is 10.8. The molecule has 18 heavy (non-hydrogen) atoms. The number of aromatic nitrogens is 1. The van der Waals surface area contributed by atoms with Gasteiger partial charge in [0.25, 0.3) is 0 Å². The van der Waals surface area contributed by atoms with Gasteiger partial charge in [0, 0.05) is 16.6 Å². The molecular weight excluding hydrogens is 240 g/mol. The Labute approximate surface area is 112 Å². The Balaban J connectivity index is 2.19. The average Bonchev–Trinajstić information content (AvgIpc) is 2.72. The monoisotopic (exact) mass is 258 g/mol. The third kappa shape index (κ3) is 1.74. The van der Waals surface area contributed by atoms with Gasteiger partial charge in [-0.05, 0) is 42.4 Å². The predicted octanol–water partition coefficient (Wildman–Crippen LogP) is 4.08. The van der Waals surface area contributed by atoms with E-state index in [1.165, 1.54) is 28.8 Å². The van der Waals surface area contributed by atoms with Crippen molar-refractivity contribution in [2.24, 2.45) is 5.92 Å². The summed E-state index contributed by atoms with van der Waals surface area (Å²) in [7, 11) is 0. The van der Waals surface area contributed by atoms with E-state index in [0.29, 0.717) is 5.92 Å².